The van der Waals surface area contributed by atoms with Crippen LogP contribution < -0.4 is 0 Å². The minimum atomic E-state index is -1.38. The predicted molar refractivity (Wildman–Crippen MR) is 120 cm³/mol. The standard InChI is InChI=1S/C25H36O8/c1-6-20-25(33-20)19(27)10-18(32-24(25)31)15(8-13(4)5)22(29)16-9-14(7-12(2)3)21(28)17(11-26)23(16)30/h9,11-13,15,18-20,24,27-28,30-31H,6-8,10H2,1-5H3. The van der Waals surface area contributed by atoms with Gasteiger partial charge in [-0.1, -0.05) is 34.6 Å². The average Bonchev–Trinajstić information content (AvgIpc) is 3.48. The fourth-order valence-electron chi connectivity index (χ4n) is 5.05. The Labute approximate surface area is 194 Å². The highest BCUT2D eigenvalue weighted by molar-refractivity contribution is 6.04. The summed E-state index contributed by atoms with van der Waals surface area (Å²) in [5, 5.41) is 42.5. The number of Topliss-reactive ketones (excluding diaryl/α,β-unsaturated/α-hetero) is 1. The molecule has 8 nitrogen and oxygen atoms in total. The second-order valence-corrected chi connectivity index (χ2v) is 10.2. The fourth-order valence-corrected chi connectivity index (χ4v) is 5.05. The summed E-state index contributed by atoms with van der Waals surface area (Å²) < 4.78 is 11.4. The van der Waals surface area contributed by atoms with Crippen LogP contribution in [0.3, 0.4) is 0 Å². The lowest BCUT2D eigenvalue weighted by atomic mass is 9.78. The van der Waals surface area contributed by atoms with Crippen LogP contribution in [0, 0.1) is 17.8 Å². The van der Waals surface area contributed by atoms with Crippen molar-refractivity contribution < 1.29 is 39.5 Å². The summed E-state index contributed by atoms with van der Waals surface area (Å²) >= 11 is 0. The maximum absolute atomic E-state index is 13.7. The van der Waals surface area contributed by atoms with Crippen LogP contribution in [0.15, 0.2) is 6.07 Å². The average molecular weight is 465 g/mol. The topological polar surface area (TPSA) is 137 Å². The van der Waals surface area contributed by atoms with E-state index in [1.54, 1.807) is 0 Å². The van der Waals surface area contributed by atoms with Crippen molar-refractivity contribution >= 4 is 12.1 Å². The second-order valence-electron chi connectivity index (χ2n) is 10.2. The van der Waals surface area contributed by atoms with Crippen molar-refractivity contribution in [2.75, 3.05) is 0 Å². The van der Waals surface area contributed by atoms with E-state index in [-0.39, 0.29) is 41.2 Å². The summed E-state index contributed by atoms with van der Waals surface area (Å²) in [7, 11) is 0. The first-order chi connectivity index (χ1) is 15.5. The first-order valence-corrected chi connectivity index (χ1v) is 11.7. The van der Waals surface area contributed by atoms with Gasteiger partial charge in [0.15, 0.2) is 24.0 Å². The SMILES string of the molecule is CCC1OC12C(O)CC(C(CC(C)C)C(=O)c1cc(CC(C)C)c(O)c(C=O)c1O)OC2O. The molecule has 2 heterocycles. The van der Waals surface area contributed by atoms with Crippen LogP contribution in [0.2, 0.25) is 0 Å². The molecule has 0 aliphatic carbocycles. The lowest BCUT2D eigenvalue weighted by Crippen LogP contribution is -2.55. The molecule has 8 heteroatoms. The number of aliphatic hydroxyl groups is 2. The highest BCUT2D eigenvalue weighted by atomic mass is 16.7. The number of hydrogen-bond donors (Lipinski definition) is 4. The number of aliphatic hydroxyl groups excluding tert-OH is 2. The zero-order chi connectivity index (χ0) is 24.7. The molecule has 3 rings (SSSR count). The Morgan fingerprint density at radius 3 is 2.33 bits per heavy atom. The van der Waals surface area contributed by atoms with Crippen LogP contribution >= 0.6 is 0 Å². The van der Waals surface area contributed by atoms with Gasteiger partial charge < -0.3 is 29.9 Å². The molecule has 1 spiro atoms. The summed E-state index contributed by atoms with van der Waals surface area (Å²) in [6.45, 7) is 9.64. The Balaban J connectivity index is 1.97. The van der Waals surface area contributed by atoms with Gasteiger partial charge in [0.05, 0.1) is 29.4 Å². The van der Waals surface area contributed by atoms with E-state index in [1.165, 1.54) is 6.07 Å². The molecule has 1 aromatic rings. The summed E-state index contributed by atoms with van der Waals surface area (Å²) in [6, 6.07) is 1.43. The van der Waals surface area contributed by atoms with Crippen molar-refractivity contribution in [2.45, 2.75) is 90.5 Å². The minimum Gasteiger partial charge on any atom is -0.507 e. The van der Waals surface area contributed by atoms with Crippen LogP contribution in [0.1, 0.15) is 80.2 Å². The van der Waals surface area contributed by atoms with Gasteiger partial charge in [-0.25, -0.2) is 0 Å². The summed E-state index contributed by atoms with van der Waals surface area (Å²) in [4.78, 5) is 25.3. The third-order valence-corrected chi connectivity index (χ3v) is 6.74. The van der Waals surface area contributed by atoms with Crippen molar-refractivity contribution in [3.05, 3.63) is 22.8 Å². The highest BCUT2D eigenvalue weighted by Gasteiger charge is 2.68. The van der Waals surface area contributed by atoms with E-state index in [1.807, 2.05) is 34.6 Å². The summed E-state index contributed by atoms with van der Waals surface area (Å²) in [5.74, 6) is -1.92. The quantitative estimate of drug-likeness (QED) is 0.249. The highest BCUT2D eigenvalue weighted by Crippen LogP contribution is 2.50. The number of carbonyl (C=O) groups is 2. The molecule has 6 unspecified atom stereocenters. The monoisotopic (exact) mass is 464 g/mol. The lowest BCUT2D eigenvalue weighted by Gasteiger charge is -2.39. The smallest absolute Gasteiger partial charge is 0.189 e. The molecule has 2 aliphatic heterocycles. The molecule has 33 heavy (non-hydrogen) atoms. The normalized spacial score (nSPS) is 30.1. The second kappa shape index (κ2) is 9.70. The molecule has 2 fully saturated rings. The van der Waals surface area contributed by atoms with E-state index in [9.17, 15) is 30.0 Å². The third kappa shape index (κ3) is 4.67. The number of rotatable bonds is 9. The van der Waals surface area contributed by atoms with Crippen molar-refractivity contribution in [1.82, 2.24) is 0 Å². The van der Waals surface area contributed by atoms with Crippen LogP contribution in [0.4, 0.5) is 0 Å². The van der Waals surface area contributed by atoms with Gasteiger partial charge >= 0.3 is 0 Å². The molecule has 4 N–H and O–H groups in total. The zero-order valence-electron chi connectivity index (χ0n) is 19.9. The molecule has 0 saturated carbocycles. The molecule has 0 radical (unpaired) electrons. The number of ether oxygens (including phenoxy) is 2. The number of aldehydes is 1. The van der Waals surface area contributed by atoms with Gasteiger partial charge in [-0.05, 0) is 42.7 Å². The van der Waals surface area contributed by atoms with Crippen LogP contribution in [-0.4, -0.2) is 62.7 Å². The molecule has 0 bridgehead atoms. The number of benzene rings is 1. The van der Waals surface area contributed by atoms with Gasteiger partial charge in [0, 0.05) is 12.3 Å². The zero-order valence-corrected chi connectivity index (χ0v) is 19.9. The van der Waals surface area contributed by atoms with E-state index < -0.39 is 41.5 Å². The molecule has 0 aromatic heterocycles. The third-order valence-electron chi connectivity index (χ3n) is 6.74. The number of hydrogen-bond acceptors (Lipinski definition) is 8. The van der Waals surface area contributed by atoms with E-state index >= 15 is 0 Å². The number of phenolic OH excluding ortho intramolecular Hbond substituents is 2. The molecule has 6 atom stereocenters. The Kier molecular flexibility index (Phi) is 7.53. The van der Waals surface area contributed by atoms with Crippen LogP contribution in [0.5, 0.6) is 11.5 Å². The summed E-state index contributed by atoms with van der Waals surface area (Å²) in [6.07, 6.45) is -1.66. The maximum atomic E-state index is 13.7. The number of epoxide rings is 1. The molecule has 184 valence electrons. The minimum absolute atomic E-state index is 0.0711. The number of aromatic hydroxyl groups is 2. The summed E-state index contributed by atoms with van der Waals surface area (Å²) in [5.41, 5.74) is -1.15. The largest absolute Gasteiger partial charge is 0.507 e. The first kappa shape index (κ1) is 25.6. The van der Waals surface area contributed by atoms with Crippen LogP contribution in [-0.2, 0) is 15.9 Å². The van der Waals surface area contributed by atoms with E-state index in [4.69, 9.17) is 9.47 Å². The first-order valence-electron chi connectivity index (χ1n) is 11.7. The molecule has 1 aromatic carbocycles. The van der Waals surface area contributed by atoms with Gasteiger partial charge in [-0.3, -0.25) is 9.59 Å². The Morgan fingerprint density at radius 2 is 1.85 bits per heavy atom. The number of carbonyl (C=O) groups excluding carboxylic acids is 2. The van der Waals surface area contributed by atoms with E-state index in [0.29, 0.717) is 31.1 Å². The van der Waals surface area contributed by atoms with Crippen molar-refractivity contribution in [3.63, 3.8) is 0 Å². The molecule has 0 amide bonds. The fraction of sp³-hybridized carbons (Fsp3) is 0.680. The molecule has 2 aliphatic rings. The van der Waals surface area contributed by atoms with Gasteiger partial charge in [-0.15, -0.1) is 0 Å². The van der Waals surface area contributed by atoms with E-state index in [0.717, 1.165) is 0 Å². The van der Waals surface area contributed by atoms with Crippen molar-refractivity contribution in [3.8, 4) is 11.5 Å². The van der Waals surface area contributed by atoms with Crippen LogP contribution in [0.25, 0.3) is 0 Å². The lowest BCUT2D eigenvalue weighted by molar-refractivity contribution is -0.239. The molecular weight excluding hydrogens is 428 g/mol. The Hall–Kier alpha value is -2.00. The Morgan fingerprint density at radius 1 is 1.18 bits per heavy atom. The van der Waals surface area contributed by atoms with Crippen molar-refractivity contribution in [1.29, 1.82) is 0 Å². The van der Waals surface area contributed by atoms with Gasteiger partial charge in [0.25, 0.3) is 0 Å². The van der Waals surface area contributed by atoms with Gasteiger partial charge in [0.2, 0.25) is 0 Å². The van der Waals surface area contributed by atoms with Crippen molar-refractivity contribution in [2.24, 2.45) is 17.8 Å². The Bertz CT molecular complexity index is 881. The number of phenols is 2. The maximum Gasteiger partial charge on any atom is 0.189 e. The van der Waals surface area contributed by atoms with Gasteiger partial charge in [-0.2, -0.15) is 0 Å². The predicted octanol–water partition coefficient (Wildman–Crippen LogP) is 2.97. The van der Waals surface area contributed by atoms with E-state index in [2.05, 4.69) is 0 Å². The van der Waals surface area contributed by atoms with Gasteiger partial charge in [0.1, 0.15) is 11.5 Å². The molecular formula is C25H36O8. The number of ketones is 1. The molecule has 2 saturated heterocycles.